The maximum Gasteiger partial charge on any atom is 0.330 e. The molecule has 1 saturated heterocycles. The Bertz CT molecular complexity index is 505. The fraction of sp³-hybridized carbons (Fsp3) is 0.375. The van der Waals surface area contributed by atoms with Gasteiger partial charge in [0.1, 0.15) is 0 Å². The van der Waals surface area contributed by atoms with Crippen LogP contribution < -0.4 is 4.90 Å². The van der Waals surface area contributed by atoms with Gasteiger partial charge >= 0.3 is 5.97 Å². The maximum atomic E-state index is 11.8. The first kappa shape index (κ1) is 14.3. The summed E-state index contributed by atoms with van der Waals surface area (Å²) in [6.45, 7) is 2.94. The topological polar surface area (TPSA) is 46.6 Å². The molecule has 0 unspecified atom stereocenters. The van der Waals surface area contributed by atoms with Gasteiger partial charge in [0.05, 0.1) is 6.61 Å². The number of anilines is 1. The lowest BCUT2D eigenvalue weighted by Gasteiger charge is -2.26. The zero-order valence-electron chi connectivity index (χ0n) is 11.7. The molecule has 0 aliphatic carbocycles. The molecule has 1 aliphatic heterocycles. The highest BCUT2D eigenvalue weighted by Crippen LogP contribution is 2.21. The summed E-state index contributed by atoms with van der Waals surface area (Å²) in [7, 11) is 0. The number of carbonyl (C=O) groups excluding carboxylic acids is 2. The van der Waals surface area contributed by atoms with Gasteiger partial charge in [0, 0.05) is 24.7 Å². The molecule has 1 aromatic carbocycles. The molecular weight excluding hydrogens is 254 g/mol. The van der Waals surface area contributed by atoms with Crippen molar-refractivity contribution in [2.75, 3.05) is 18.1 Å². The number of carbonyl (C=O) groups is 2. The molecule has 0 bridgehead atoms. The predicted octanol–water partition coefficient (Wildman–Crippen LogP) is 2.78. The Hall–Kier alpha value is -2.10. The van der Waals surface area contributed by atoms with Crippen LogP contribution in [0.3, 0.4) is 0 Å². The molecule has 0 N–H and O–H groups in total. The molecular formula is C16H19NO3. The van der Waals surface area contributed by atoms with E-state index >= 15 is 0 Å². The molecule has 2 rings (SSSR count). The van der Waals surface area contributed by atoms with E-state index in [-0.39, 0.29) is 11.9 Å². The van der Waals surface area contributed by atoms with Crippen molar-refractivity contribution in [1.29, 1.82) is 0 Å². The first-order valence-corrected chi connectivity index (χ1v) is 6.96. The maximum absolute atomic E-state index is 11.8. The minimum Gasteiger partial charge on any atom is -0.463 e. The van der Waals surface area contributed by atoms with Crippen LogP contribution in [0.15, 0.2) is 30.3 Å². The predicted molar refractivity (Wildman–Crippen MR) is 78.3 cm³/mol. The fourth-order valence-electron chi connectivity index (χ4n) is 2.20. The van der Waals surface area contributed by atoms with Gasteiger partial charge in [0.15, 0.2) is 0 Å². The number of esters is 1. The van der Waals surface area contributed by atoms with Crippen molar-refractivity contribution in [2.45, 2.75) is 26.2 Å². The van der Waals surface area contributed by atoms with E-state index in [1.54, 1.807) is 13.0 Å². The Balaban J connectivity index is 2.02. The number of amides is 1. The van der Waals surface area contributed by atoms with Gasteiger partial charge in [-0.3, -0.25) is 4.79 Å². The van der Waals surface area contributed by atoms with E-state index in [0.717, 1.165) is 30.6 Å². The van der Waals surface area contributed by atoms with E-state index in [1.165, 1.54) is 6.08 Å². The molecule has 1 heterocycles. The summed E-state index contributed by atoms with van der Waals surface area (Å²) in [4.78, 5) is 24.9. The Morgan fingerprint density at radius 1 is 1.30 bits per heavy atom. The molecule has 4 heteroatoms. The van der Waals surface area contributed by atoms with Crippen molar-refractivity contribution >= 4 is 23.6 Å². The number of ether oxygens (including phenoxy) is 1. The zero-order chi connectivity index (χ0) is 14.4. The number of benzene rings is 1. The third-order valence-corrected chi connectivity index (χ3v) is 3.23. The van der Waals surface area contributed by atoms with E-state index in [0.29, 0.717) is 13.0 Å². The minimum absolute atomic E-state index is 0.186. The van der Waals surface area contributed by atoms with Crippen LogP contribution in [0, 0.1) is 0 Å². The van der Waals surface area contributed by atoms with Crippen molar-refractivity contribution in [3.8, 4) is 0 Å². The lowest BCUT2D eigenvalue weighted by Crippen LogP contribution is -2.35. The summed E-state index contributed by atoms with van der Waals surface area (Å²) in [6, 6.07) is 7.61. The summed E-state index contributed by atoms with van der Waals surface area (Å²) in [5.74, 6) is -0.158. The molecule has 1 fully saturated rings. The highest BCUT2D eigenvalue weighted by molar-refractivity contribution is 5.94. The van der Waals surface area contributed by atoms with Crippen LogP contribution in [0.2, 0.25) is 0 Å². The second kappa shape index (κ2) is 6.89. The number of piperidine rings is 1. The van der Waals surface area contributed by atoms with Crippen molar-refractivity contribution in [3.63, 3.8) is 0 Å². The average Bonchev–Trinajstić information content (AvgIpc) is 2.47. The molecule has 1 aromatic rings. The second-order valence-electron chi connectivity index (χ2n) is 4.68. The normalized spacial score (nSPS) is 15.7. The van der Waals surface area contributed by atoms with E-state index < -0.39 is 0 Å². The van der Waals surface area contributed by atoms with E-state index in [4.69, 9.17) is 4.74 Å². The summed E-state index contributed by atoms with van der Waals surface area (Å²) in [5, 5.41) is 0. The second-order valence-corrected chi connectivity index (χ2v) is 4.68. The summed E-state index contributed by atoms with van der Waals surface area (Å²) < 4.78 is 4.82. The monoisotopic (exact) mass is 273 g/mol. The van der Waals surface area contributed by atoms with Crippen LogP contribution >= 0.6 is 0 Å². The van der Waals surface area contributed by atoms with Crippen LogP contribution in [0.1, 0.15) is 31.7 Å². The van der Waals surface area contributed by atoms with Gasteiger partial charge in [-0.15, -0.1) is 0 Å². The molecule has 106 valence electrons. The number of rotatable bonds is 4. The average molecular weight is 273 g/mol. The molecule has 0 atom stereocenters. The SMILES string of the molecule is CCOC(=O)C=Cc1ccc(N2CCCCC2=O)cc1. The first-order valence-electron chi connectivity index (χ1n) is 6.96. The van der Waals surface area contributed by atoms with Gasteiger partial charge in [-0.2, -0.15) is 0 Å². The van der Waals surface area contributed by atoms with Crippen molar-refractivity contribution in [1.82, 2.24) is 0 Å². The van der Waals surface area contributed by atoms with Crippen LogP contribution in [0.25, 0.3) is 6.08 Å². The molecule has 0 spiro atoms. The van der Waals surface area contributed by atoms with Crippen molar-refractivity contribution in [2.24, 2.45) is 0 Å². The van der Waals surface area contributed by atoms with Crippen LogP contribution in [-0.4, -0.2) is 25.0 Å². The van der Waals surface area contributed by atoms with E-state index in [2.05, 4.69) is 0 Å². The van der Waals surface area contributed by atoms with Crippen LogP contribution in [0.5, 0.6) is 0 Å². The Morgan fingerprint density at radius 3 is 2.70 bits per heavy atom. The van der Waals surface area contributed by atoms with Crippen LogP contribution in [-0.2, 0) is 14.3 Å². The third-order valence-electron chi connectivity index (χ3n) is 3.23. The lowest BCUT2D eigenvalue weighted by atomic mass is 10.1. The van der Waals surface area contributed by atoms with Gasteiger partial charge in [0.2, 0.25) is 5.91 Å². The Labute approximate surface area is 119 Å². The third kappa shape index (κ3) is 3.70. The van der Waals surface area contributed by atoms with Crippen molar-refractivity contribution in [3.05, 3.63) is 35.9 Å². The Kier molecular flexibility index (Phi) is 4.93. The fourth-order valence-corrected chi connectivity index (χ4v) is 2.20. The number of hydrogen-bond acceptors (Lipinski definition) is 3. The number of nitrogens with zero attached hydrogens (tertiary/aromatic N) is 1. The molecule has 20 heavy (non-hydrogen) atoms. The van der Waals surface area contributed by atoms with Crippen molar-refractivity contribution < 1.29 is 14.3 Å². The number of hydrogen-bond donors (Lipinski definition) is 0. The summed E-state index contributed by atoms with van der Waals surface area (Å²) in [6.07, 6.45) is 5.78. The zero-order valence-corrected chi connectivity index (χ0v) is 11.7. The highest BCUT2D eigenvalue weighted by Gasteiger charge is 2.18. The molecule has 1 aliphatic rings. The van der Waals surface area contributed by atoms with E-state index in [1.807, 2.05) is 29.2 Å². The van der Waals surface area contributed by atoms with Gasteiger partial charge in [0.25, 0.3) is 0 Å². The molecule has 0 radical (unpaired) electrons. The lowest BCUT2D eigenvalue weighted by molar-refractivity contribution is -0.137. The van der Waals surface area contributed by atoms with Gasteiger partial charge in [-0.25, -0.2) is 4.79 Å². The van der Waals surface area contributed by atoms with Crippen LogP contribution in [0.4, 0.5) is 5.69 Å². The smallest absolute Gasteiger partial charge is 0.330 e. The van der Waals surface area contributed by atoms with Gasteiger partial charge < -0.3 is 9.64 Å². The largest absolute Gasteiger partial charge is 0.463 e. The minimum atomic E-state index is -0.345. The molecule has 1 amide bonds. The highest BCUT2D eigenvalue weighted by atomic mass is 16.5. The summed E-state index contributed by atoms with van der Waals surface area (Å²) >= 11 is 0. The van der Waals surface area contributed by atoms with Gasteiger partial charge in [-0.1, -0.05) is 12.1 Å². The molecule has 4 nitrogen and oxygen atoms in total. The molecule has 0 aromatic heterocycles. The van der Waals surface area contributed by atoms with Gasteiger partial charge in [-0.05, 0) is 43.5 Å². The molecule has 0 saturated carbocycles. The Morgan fingerprint density at radius 2 is 2.05 bits per heavy atom. The standard InChI is InChI=1S/C16H19NO3/c1-2-20-16(19)11-8-13-6-9-14(10-7-13)17-12-4-3-5-15(17)18/h6-11H,2-5,12H2,1H3. The van der Waals surface area contributed by atoms with E-state index in [9.17, 15) is 9.59 Å². The quantitative estimate of drug-likeness (QED) is 0.626. The summed E-state index contributed by atoms with van der Waals surface area (Å²) in [5.41, 5.74) is 1.83. The first-order chi connectivity index (χ1) is 9.70.